The summed E-state index contributed by atoms with van der Waals surface area (Å²) in [4.78, 5) is 12.0. The molecule has 0 aliphatic carbocycles. The first-order chi connectivity index (χ1) is 11.3. The molecule has 0 saturated heterocycles. The van der Waals surface area contributed by atoms with E-state index in [0.717, 1.165) is 4.47 Å². The number of benzene rings is 2. The third kappa shape index (κ3) is 5.46. The summed E-state index contributed by atoms with van der Waals surface area (Å²) >= 11 is 15.0. The molecular weight excluding hydrogens is 439 g/mol. The Labute approximate surface area is 158 Å². The molecule has 0 radical (unpaired) electrons. The van der Waals surface area contributed by atoms with E-state index in [1.165, 1.54) is 18.2 Å². The van der Waals surface area contributed by atoms with E-state index in [4.69, 9.17) is 23.2 Å². The van der Waals surface area contributed by atoms with Crippen molar-refractivity contribution in [3.05, 3.63) is 57.0 Å². The normalized spacial score (nSPS) is 11.3. The first kappa shape index (κ1) is 19.2. The second-order valence-corrected chi connectivity index (χ2v) is 8.30. The van der Waals surface area contributed by atoms with E-state index in [-0.39, 0.29) is 23.8 Å². The monoisotopic (exact) mass is 450 g/mol. The third-order valence-electron chi connectivity index (χ3n) is 2.97. The number of carbonyl (C=O) groups excluding carboxylic acids is 1. The molecule has 2 N–H and O–H groups in total. The maximum Gasteiger partial charge on any atom is 0.240 e. The first-order valence-electron chi connectivity index (χ1n) is 6.78. The van der Waals surface area contributed by atoms with E-state index < -0.39 is 10.0 Å². The van der Waals surface area contributed by atoms with Gasteiger partial charge in [-0.25, -0.2) is 13.1 Å². The van der Waals surface area contributed by atoms with Crippen molar-refractivity contribution in [1.29, 1.82) is 0 Å². The fourth-order valence-corrected chi connectivity index (χ4v) is 3.44. The van der Waals surface area contributed by atoms with Gasteiger partial charge in [-0.2, -0.15) is 0 Å². The van der Waals surface area contributed by atoms with E-state index in [1.54, 1.807) is 24.3 Å². The number of nitrogens with one attached hydrogen (secondary N) is 2. The van der Waals surface area contributed by atoms with Crippen molar-refractivity contribution in [2.24, 2.45) is 0 Å². The van der Waals surface area contributed by atoms with Gasteiger partial charge in [-0.3, -0.25) is 4.79 Å². The molecule has 128 valence electrons. The number of sulfonamides is 1. The van der Waals surface area contributed by atoms with Gasteiger partial charge in [0.25, 0.3) is 0 Å². The Balaban J connectivity index is 1.90. The average Bonchev–Trinajstić information content (AvgIpc) is 2.51. The minimum atomic E-state index is -3.66. The summed E-state index contributed by atoms with van der Waals surface area (Å²) in [7, 11) is -3.66. The van der Waals surface area contributed by atoms with Gasteiger partial charge in [-0.15, -0.1) is 0 Å². The highest BCUT2D eigenvalue weighted by atomic mass is 79.9. The summed E-state index contributed by atoms with van der Waals surface area (Å²) in [6.07, 6.45) is -0.0431. The fraction of sp³-hybridized carbons (Fsp3) is 0.133. The van der Waals surface area contributed by atoms with Crippen LogP contribution in [0.3, 0.4) is 0 Å². The van der Waals surface area contributed by atoms with Crippen molar-refractivity contribution in [3.63, 3.8) is 0 Å². The van der Waals surface area contributed by atoms with E-state index >= 15 is 0 Å². The quantitative estimate of drug-likeness (QED) is 0.695. The Morgan fingerprint density at radius 2 is 1.75 bits per heavy atom. The van der Waals surface area contributed by atoms with Crippen LogP contribution in [0.15, 0.2) is 51.8 Å². The van der Waals surface area contributed by atoms with Gasteiger partial charge < -0.3 is 5.32 Å². The van der Waals surface area contributed by atoms with Gasteiger partial charge in [-0.1, -0.05) is 39.1 Å². The van der Waals surface area contributed by atoms with Gasteiger partial charge in [0.15, 0.2) is 0 Å². The largest absolute Gasteiger partial charge is 0.325 e. The van der Waals surface area contributed by atoms with Gasteiger partial charge in [0.1, 0.15) is 0 Å². The standard InChI is InChI=1S/C15H13BrCl2N2O3S/c16-10-1-4-12(5-2-10)24(22,23)19-8-7-15(21)20-14-9-11(17)3-6-13(14)18/h1-6,9,19H,7-8H2,(H,20,21). The van der Waals surface area contributed by atoms with E-state index in [0.29, 0.717) is 15.7 Å². The van der Waals surface area contributed by atoms with Crippen LogP contribution < -0.4 is 10.0 Å². The lowest BCUT2D eigenvalue weighted by Crippen LogP contribution is -2.27. The zero-order chi connectivity index (χ0) is 17.7. The number of amides is 1. The Kier molecular flexibility index (Phi) is 6.65. The molecule has 0 aromatic heterocycles. The molecule has 0 unspecified atom stereocenters. The van der Waals surface area contributed by atoms with Gasteiger partial charge in [0.05, 0.1) is 15.6 Å². The Hall–Kier alpha value is -1.12. The highest BCUT2D eigenvalue weighted by molar-refractivity contribution is 9.10. The molecule has 0 atom stereocenters. The van der Waals surface area contributed by atoms with Gasteiger partial charge in [0, 0.05) is 22.5 Å². The van der Waals surface area contributed by atoms with Crippen LogP contribution in [0.25, 0.3) is 0 Å². The minimum Gasteiger partial charge on any atom is -0.325 e. The molecule has 1 amide bonds. The molecule has 9 heteroatoms. The third-order valence-corrected chi connectivity index (χ3v) is 5.54. The lowest BCUT2D eigenvalue weighted by Gasteiger charge is -2.09. The molecule has 5 nitrogen and oxygen atoms in total. The second-order valence-electron chi connectivity index (χ2n) is 4.77. The van der Waals surface area contributed by atoms with Crippen molar-refractivity contribution >= 4 is 60.7 Å². The van der Waals surface area contributed by atoms with Crippen LogP contribution in [0, 0.1) is 0 Å². The molecule has 0 fully saturated rings. The summed E-state index contributed by atoms with van der Waals surface area (Å²) in [6, 6.07) is 10.9. The van der Waals surface area contributed by atoms with Crippen molar-refractivity contribution in [3.8, 4) is 0 Å². The van der Waals surface area contributed by atoms with Crippen molar-refractivity contribution < 1.29 is 13.2 Å². The van der Waals surface area contributed by atoms with E-state index in [2.05, 4.69) is 26.0 Å². The zero-order valence-corrected chi connectivity index (χ0v) is 16.1. The summed E-state index contributed by atoms with van der Waals surface area (Å²) in [6.45, 7) is -0.0393. The second kappa shape index (κ2) is 8.31. The number of hydrogen-bond donors (Lipinski definition) is 2. The summed E-state index contributed by atoms with van der Waals surface area (Å²) < 4.78 is 27.3. The number of hydrogen-bond acceptors (Lipinski definition) is 3. The smallest absolute Gasteiger partial charge is 0.240 e. The molecule has 0 heterocycles. The lowest BCUT2D eigenvalue weighted by molar-refractivity contribution is -0.116. The maximum atomic E-state index is 12.1. The fourth-order valence-electron chi connectivity index (χ4n) is 1.80. The van der Waals surface area contributed by atoms with E-state index in [1.807, 2.05) is 0 Å². The number of anilines is 1. The highest BCUT2D eigenvalue weighted by Gasteiger charge is 2.14. The highest BCUT2D eigenvalue weighted by Crippen LogP contribution is 2.25. The van der Waals surface area contributed by atoms with Crippen molar-refractivity contribution in [2.75, 3.05) is 11.9 Å². The SMILES string of the molecule is O=C(CCNS(=O)(=O)c1ccc(Br)cc1)Nc1cc(Cl)ccc1Cl. The topological polar surface area (TPSA) is 75.3 Å². The van der Waals surface area contributed by atoms with Crippen LogP contribution in [0.4, 0.5) is 5.69 Å². The summed E-state index contributed by atoms with van der Waals surface area (Å²) in [5, 5.41) is 3.37. The Morgan fingerprint density at radius 1 is 1.08 bits per heavy atom. The van der Waals surface area contributed by atoms with Crippen LogP contribution in [-0.2, 0) is 14.8 Å². The zero-order valence-electron chi connectivity index (χ0n) is 12.2. The summed E-state index contributed by atoms with van der Waals surface area (Å²) in [5.41, 5.74) is 0.380. The predicted molar refractivity (Wildman–Crippen MR) is 99.0 cm³/mol. The Bertz CT molecular complexity index is 842. The molecule has 0 bridgehead atoms. The molecule has 24 heavy (non-hydrogen) atoms. The van der Waals surface area contributed by atoms with Crippen molar-refractivity contribution in [2.45, 2.75) is 11.3 Å². The molecular formula is C15H13BrCl2N2O3S. The first-order valence-corrected chi connectivity index (χ1v) is 9.81. The number of carbonyl (C=O) groups is 1. The van der Waals surface area contributed by atoms with Crippen LogP contribution in [-0.4, -0.2) is 20.9 Å². The molecule has 2 aromatic rings. The minimum absolute atomic E-state index is 0.0393. The van der Waals surface area contributed by atoms with Gasteiger partial charge in [0.2, 0.25) is 15.9 Å². The predicted octanol–water partition coefficient (Wildman–Crippen LogP) is 4.06. The van der Waals surface area contributed by atoms with Crippen LogP contribution in [0.1, 0.15) is 6.42 Å². The molecule has 0 aliphatic heterocycles. The van der Waals surface area contributed by atoms with E-state index in [9.17, 15) is 13.2 Å². The van der Waals surface area contributed by atoms with Gasteiger partial charge in [-0.05, 0) is 42.5 Å². The summed E-state index contributed by atoms with van der Waals surface area (Å²) in [5.74, 6) is -0.377. The average molecular weight is 452 g/mol. The maximum absolute atomic E-state index is 12.1. The number of halogens is 3. The molecule has 0 saturated carbocycles. The molecule has 0 spiro atoms. The lowest BCUT2D eigenvalue weighted by atomic mass is 10.3. The number of rotatable bonds is 6. The van der Waals surface area contributed by atoms with Crippen LogP contribution in [0.5, 0.6) is 0 Å². The van der Waals surface area contributed by atoms with Crippen LogP contribution in [0.2, 0.25) is 10.0 Å². The van der Waals surface area contributed by atoms with Gasteiger partial charge >= 0.3 is 0 Å². The van der Waals surface area contributed by atoms with Crippen molar-refractivity contribution in [1.82, 2.24) is 4.72 Å². The van der Waals surface area contributed by atoms with Crippen LogP contribution >= 0.6 is 39.1 Å². The molecule has 0 aliphatic rings. The Morgan fingerprint density at radius 3 is 2.42 bits per heavy atom. The molecule has 2 aromatic carbocycles. The molecule has 2 rings (SSSR count).